The minimum Gasteiger partial charge on any atom is -0.311 e. The second-order valence-electron chi connectivity index (χ2n) is 6.83. The molecule has 0 fully saturated rings. The molecular formula is C21H27ClN4OS. The summed E-state index contributed by atoms with van der Waals surface area (Å²) in [4.78, 5) is 18.1. The van der Waals surface area contributed by atoms with Gasteiger partial charge in [0.05, 0.1) is 23.1 Å². The summed E-state index contributed by atoms with van der Waals surface area (Å²) in [5, 5.41) is 15.8. The number of carbonyl (C=O) groups excluding carboxylic acids is 1. The van der Waals surface area contributed by atoms with Crippen molar-refractivity contribution in [3.63, 3.8) is 0 Å². The van der Waals surface area contributed by atoms with Gasteiger partial charge in [0.1, 0.15) is 0 Å². The molecule has 2 N–H and O–H groups in total. The zero-order chi connectivity index (χ0) is 20.5. The lowest BCUT2D eigenvalue weighted by Gasteiger charge is -2.17. The van der Waals surface area contributed by atoms with Gasteiger partial charge in [-0.1, -0.05) is 61.8 Å². The van der Waals surface area contributed by atoms with Crippen LogP contribution in [0.4, 0.5) is 9.93 Å². The zero-order valence-electron chi connectivity index (χ0n) is 16.6. The number of carbonyl (C=O) groups is 1. The van der Waals surface area contributed by atoms with Crippen molar-refractivity contribution in [3.8, 4) is 6.07 Å². The molecule has 2 rings (SSSR count). The second-order valence-corrected chi connectivity index (χ2v) is 8.30. The first kappa shape index (κ1) is 22.2. The Hall–Kier alpha value is -2.10. The Morgan fingerprint density at radius 2 is 2.25 bits per heavy atom. The number of hydrogen-bond donors (Lipinski definition) is 2. The number of aromatic nitrogens is 1. The number of urea groups is 1. The number of allylic oxidation sites excluding steroid dienone is 5. The van der Waals surface area contributed by atoms with E-state index in [4.69, 9.17) is 16.9 Å². The normalized spacial score (nSPS) is 15.3. The predicted octanol–water partition coefficient (Wildman–Crippen LogP) is 6.36. The molecule has 28 heavy (non-hydrogen) atoms. The van der Waals surface area contributed by atoms with Gasteiger partial charge >= 0.3 is 6.03 Å². The van der Waals surface area contributed by atoms with Crippen LogP contribution in [0.2, 0.25) is 0 Å². The van der Waals surface area contributed by atoms with Crippen molar-refractivity contribution in [2.24, 2.45) is 5.92 Å². The maximum atomic E-state index is 12.5. The number of nitrogens with zero attached hydrogens (tertiary/aromatic N) is 2. The largest absolute Gasteiger partial charge is 0.325 e. The molecule has 1 aromatic rings. The summed E-state index contributed by atoms with van der Waals surface area (Å²) in [6.07, 6.45) is 10.7. The fraction of sp³-hybridized carbons (Fsp3) is 0.476. The third-order valence-corrected chi connectivity index (χ3v) is 5.70. The Bertz CT molecular complexity index is 832. The summed E-state index contributed by atoms with van der Waals surface area (Å²) in [6.45, 7) is 6.22. The van der Waals surface area contributed by atoms with E-state index in [1.807, 2.05) is 25.2 Å². The van der Waals surface area contributed by atoms with Crippen LogP contribution in [0.5, 0.6) is 0 Å². The van der Waals surface area contributed by atoms with Gasteiger partial charge in [-0.15, -0.1) is 0 Å². The molecule has 2 amide bonds. The van der Waals surface area contributed by atoms with Gasteiger partial charge in [0, 0.05) is 10.7 Å². The van der Waals surface area contributed by atoms with Crippen LogP contribution in [0.1, 0.15) is 63.4 Å². The third-order valence-electron chi connectivity index (χ3n) is 4.48. The Morgan fingerprint density at radius 3 is 2.93 bits per heavy atom. The maximum Gasteiger partial charge on any atom is 0.325 e. The van der Waals surface area contributed by atoms with Crippen LogP contribution in [0, 0.1) is 17.2 Å². The maximum absolute atomic E-state index is 12.5. The topological polar surface area (TPSA) is 77.8 Å². The van der Waals surface area contributed by atoms with Crippen molar-refractivity contribution in [3.05, 3.63) is 39.0 Å². The summed E-state index contributed by atoms with van der Waals surface area (Å²) >= 11 is 7.68. The molecule has 0 aliphatic heterocycles. The highest BCUT2D eigenvalue weighted by Gasteiger charge is 2.18. The Kier molecular flexibility index (Phi) is 8.75. The highest BCUT2D eigenvalue weighted by atomic mass is 35.5. The molecule has 1 aliphatic carbocycles. The van der Waals surface area contributed by atoms with Crippen molar-refractivity contribution >= 4 is 40.2 Å². The van der Waals surface area contributed by atoms with Crippen LogP contribution in [0.15, 0.2) is 28.5 Å². The van der Waals surface area contributed by atoms with E-state index >= 15 is 0 Å². The number of thiazole rings is 1. The van der Waals surface area contributed by atoms with Crippen molar-refractivity contribution < 1.29 is 4.79 Å². The molecule has 7 heteroatoms. The fourth-order valence-corrected chi connectivity index (χ4v) is 4.31. The van der Waals surface area contributed by atoms with Crippen LogP contribution >= 0.6 is 22.9 Å². The van der Waals surface area contributed by atoms with Crippen LogP contribution < -0.4 is 10.6 Å². The minimum atomic E-state index is -0.317. The fourth-order valence-electron chi connectivity index (χ4n) is 3.04. The highest BCUT2D eigenvalue weighted by molar-refractivity contribution is 7.16. The standard InChI is InChI=1S/C21H27ClN4OS/c1-4-6-14(3)18(13-16(22)7-5-2)24-20(27)26-21-25-17-9-8-15(10-11-23)12-19(17)28-21/h7,12-14H,4-6,8-10H2,1-3H3,(H2,24,25,26,27)/b16-7+,18-13+. The minimum absolute atomic E-state index is 0.190. The molecule has 1 aliphatic rings. The molecular weight excluding hydrogens is 392 g/mol. The number of nitriles is 1. The number of anilines is 1. The van der Waals surface area contributed by atoms with Gasteiger partial charge in [-0.3, -0.25) is 5.32 Å². The van der Waals surface area contributed by atoms with Crippen LogP contribution in [-0.2, 0) is 6.42 Å². The first-order valence-corrected chi connectivity index (χ1v) is 10.9. The summed E-state index contributed by atoms with van der Waals surface area (Å²) in [7, 11) is 0. The van der Waals surface area contributed by atoms with Crippen molar-refractivity contribution in [1.82, 2.24) is 10.3 Å². The van der Waals surface area contributed by atoms with Crippen molar-refractivity contribution in [2.75, 3.05) is 5.32 Å². The molecule has 150 valence electrons. The van der Waals surface area contributed by atoms with E-state index in [0.717, 1.165) is 53.9 Å². The zero-order valence-corrected chi connectivity index (χ0v) is 18.2. The van der Waals surface area contributed by atoms with E-state index in [2.05, 4.69) is 35.5 Å². The Labute approximate surface area is 176 Å². The van der Waals surface area contributed by atoms with E-state index in [0.29, 0.717) is 16.6 Å². The molecule has 0 saturated heterocycles. The summed E-state index contributed by atoms with van der Waals surface area (Å²) in [5.41, 5.74) is 2.89. The lowest BCUT2D eigenvalue weighted by molar-refractivity contribution is 0.253. The molecule has 0 radical (unpaired) electrons. The number of halogens is 1. The molecule has 1 aromatic heterocycles. The van der Waals surface area contributed by atoms with Gasteiger partial charge in [-0.05, 0) is 43.8 Å². The van der Waals surface area contributed by atoms with Crippen LogP contribution in [0.25, 0.3) is 6.08 Å². The van der Waals surface area contributed by atoms with E-state index < -0.39 is 0 Å². The van der Waals surface area contributed by atoms with Gasteiger partial charge in [0.25, 0.3) is 0 Å². The molecule has 5 nitrogen and oxygen atoms in total. The van der Waals surface area contributed by atoms with Crippen molar-refractivity contribution in [1.29, 1.82) is 5.26 Å². The van der Waals surface area contributed by atoms with Gasteiger partial charge in [-0.2, -0.15) is 5.26 Å². The van der Waals surface area contributed by atoms with Crippen molar-refractivity contribution in [2.45, 2.75) is 59.3 Å². The molecule has 0 saturated carbocycles. The summed E-state index contributed by atoms with van der Waals surface area (Å²) < 4.78 is 0. The van der Waals surface area contributed by atoms with Gasteiger partial charge in [-0.25, -0.2) is 9.78 Å². The Balaban J connectivity index is 2.09. The SMILES string of the molecule is CC/C=C(Cl)\C=C(\NC(=O)Nc1nc2c(s1)C=C(CC#N)CC2)C(C)CCC. The van der Waals surface area contributed by atoms with E-state index in [1.165, 1.54) is 11.3 Å². The number of amides is 2. The molecule has 0 aromatic carbocycles. The molecule has 1 heterocycles. The predicted molar refractivity (Wildman–Crippen MR) is 117 cm³/mol. The van der Waals surface area contributed by atoms with Gasteiger partial charge in [0.15, 0.2) is 5.13 Å². The number of aryl methyl sites for hydroxylation is 1. The van der Waals surface area contributed by atoms with Gasteiger partial charge < -0.3 is 5.32 Å². The monoisotopic (exact) mass is 418 g/mol. The average molecular weight is 419 g/mol. The summed E-state index contributed by atoms with van der Waals surface area (Å²) in [6, 6.07) is 1.87. The van der Waals surface area contributed by atoms with Crippen LogP contribution in [0.3, 0.4) is 0 Å². The van der Waals surface area contributed by atoms with Crippen LogP contribution in [-0.4, -0.2) is 11.0 Å². The lowest BCUT2D eigenvalue weighted by Crippen LogP contribution is -2.30. The van der Waals surface area contributed by atoms with E-state index in [1.54, 1.807) is 0 Å². The number of rotatable bonds is 8. The smallest absolute Gasteiger partial charge is 0.311 e. The highest BCUT2D eigenvalue weighted by Crippen LogP contribution is 2.32. The second kappa shape index (κ2) is 11.0. The van der Waals surface area contributed by atoms with Gasteiger partial charge in [0.2, 0.25) is 0 Å². The van der Waals surface area contributed by atoms with E-state index in [-0.39, 0.29) is 11.9 Å². The molecule has 0 spiro atoms. The first-order chi connectivity index (χ1) is 13.5. The quantitative estimate of drug-likeness (QED) is 0.482. The Morgan fingerprint density at radius 1 is 1.46 bits per heavy atom. The lowest BCUT2D eigenvalue weighted by atomic mass is 9.99. The molecule has 0 bridgehead atoms. The summed E-state index contributed by atoms with van der Waals surface area (Å²) in [5.74, 6) is 0.190. The third kappa shape index (κ3) is 6.50. The number of fused-ring (bicyclic) bond motifs is 1. The number of nitrogens with one attached hydrogen (secondary N) is 2. The number of hydrogen-bond acceptors (Lipinski definition) is 4. The van der Waals surface area contributed by atoms with E-state index in [9.17, 15) is 4.79 Å². The average Bonchev–Trinajstić information content (AvgIpc) is 3.03. The molecule has 1 unspecified atom stereocenters. The molecule has 1 atom stereocenters. The first-order valence-electron chi connectivity index (χ1n) is 9.68.